The second-order valence-electron chi connectivity index (χ2n) is 3.80. The molecule has 0 saturated carbocycles. The maximum atomic E-state index is 5.82. The third kappa shape index (κ3) is 2.41. The van der Waals surface area contributed by atoms with E-state index in [0.717, 1.165) is 38.4 Å². The Hall–Kier alpha value is -1.23. The molecule has 15 heavy (non-hydrogen) atoms. The quantitative estimate of drug-likeness (QED) is 0.780. The molecule has 1 aromatic rings. The van der Waals surface area contributed by atoms with Gasteiger partial charge in [0.2, 0.25) is 0 Å². The van der Waals surface area contributed by atoms with Gasteiger partial charge in [-0.1, -0.05) is 0 Å². The number of nitrogen functional groups attached to an aromatic ring is 1. The largest absolute Gasteiger partial charge is 0.394 e. The van der Waals surface area contributed by atoms with Gasteiger partial charge in [-0.15, -0.1) is 0 Å². The predicted octanol–water partition coefficient (Wildman–Crippen LogP) is 1.08. The van der Waals surface area contributed by atoms with Gasteiger partial charge in [-0.2, -0.15) is 5.10 Å². The number of aryl methyl sites for hydroxylation is 1. The van der Waals surface area contributed by atoms with Crippen molar-refractivity contribution >= 4 is 11.5 Å². The molecule has 0 bridgehead atoms. The van der Waals surface area contributed by atoms with Crippen LogP contribution in [-0.4, -0.2) is 29.0 Å². The number of anilines is 2. The fourth-order valence-electron chi connectivity index (χ4n) is 1.75. The molecule has 2 heterocycles. The topological polar surface area (TPSA) is 65.1 Å². The lowest BCUT2D eigenvalue weighted by atomic mass is 10.2. The van der Waals surface area contributed by atoms with Crippen LogP contribution in [0.1, 0.15) is 19.8 Å². The van der Waals surface area contributed by atoms with Gasteiger partial charge in [0.1, 0.15) is 0 Å². The summed E-state index contributed by atoms with van der Waals surface area (Å²) in [5, 5.41) is 7.54. The Labute approximate surface area is 89.6 Å². The summed E-state index contributed by atoms with van der Waals surface area (Å²) in [5.74, 6) is 0.771. The maximum Gasteiger partial charge on any atom is 0.171 e. The minimum Gasteiger partial charge on any atom is -0.394 e. The number of nitrogens with two attached hydrogens (primary N) is 1. The Bertz CT molecular complexity index is 317. The Morgan fingerprint density at radius 1 is 1.73 bits per heavy atom. The number of hydrogen-bond donors (Lipinski definition) is 2. The molecule has 0 spiro atoms. The highest BCUT2D eigenvalue weighted by Crippen LogP contribution is 2.17. The summed E-state index contributed by atoms with van der Waals surface area (Å²) in [4.78, 5) is 0. The fourth-order valence-corrected chi connectivity index (χ4v) is 1.75. The summed E-state index contributed by atoms with van der Waals surface area (Å²) in [6.45, 7) is 4.55. The van der Waals surface area contributed by atoms with Crippen molar-refractivity contribution in [2.75, 3.05) is 24.2 Å². The average molecular weight is 210 g/mol. The van der Waals surface area contributed by atoms with Gasteiger partial charge in [-0.25, -0.2) is 0 Å². The third-order valence-corrected chi connectivity index (χ3v) is 2.64. The van der Waals surface area contributed by atoms with Crippen LogP contribution in [0.15, 0.2) is 6.20 Å². The Kier molecular flexibility index (Phi) is 3.11. The molecule has 0 amide bonds. The van der Waals surface area contributed by atoms with E-state index in [1.807, 2.05) is 17.8 Å². The van der Waals surface area contributed by atoms with Gasteiger partial charge in [-0.05, 0) is 19.8 Å². The van der Waals surface area contributed by atoms with Gasteiger partial charge in [0.25, 0.3) is 0 Å². The van der Waals surface area contributed by atoms with Crippen molar-refractivity contribution in [1.29, 1.82) is 0 Å². The van der Waals surface area contributed by atoms with Crippen LogP contribution in [0.25, 0.3) is 0 Å². The summed E-state index contributed by atoms with van der Waals surface area (Å²) in [6.07, 6.45) is 4.45. The van der Waals surface area contributed by atoms with E-state index in [2.05, 4.69) is 10.4 Å². The van der Waals surface area contributed by atoms with Gasteiger partial charge in [0.15, 0.2) is 5.82 Å². The van der Waals surface area contributed by atoms with Crippen molar-refractivity contribution in [3.8, 4) is 0 Å². The van der Waals surface area contributed by atoms with Crippen molar-refractivity contribution in [3.05, 3.63) is 6.20 Å². The number of aromatic nitrogens is 2. The molecular formula is C10H18N4O. The lowest BCUT2D eigenvalue weighted by Crippen LogP contribution is -2.19. The molecule has 1 fully saturated rings. The molecule has 0 radical (unpaired) electrons. The first-order chi connectivity index (χ1) is 7.29. The first-order valence-corrected chi connectivity index (χ1v) is 5.48. The second-order valence-corrected chi connectivity index (χ2v) is 3.80. The number of nitrogens with zero attached hydrogens (tertiary/aromatic N) is 2. The Morgan fingerprint density at radius 3 is 3.20 bits per heavy atom. The number of hydrogen-bond acceptors (Lipinski definition) is 4. The SMILES string of the molecule is CCn1cc(N)c(NCC2CCCO2)n1. The summed E-state index contributed by atoms with van der Waals surface area (Å²) < 4.78 is 7.34. The average Bonchev–Trinajstić information content (AvgIpc) is 2.84. The molecule has 1 saturated heterocycles. The highest BCUT2D eigenvalue weighted by atomic mass is 16.5. The van der Waals surface area contributed by atoms with E-state index in [1.54, 1.807) is 0 Å². The summed E-state index contributed by atoms with van der Waals surface area (Å²) >= 11 is 0. The minimum atomic E-state index is 0.316. The molecule has 1 aliphatic rings. The van der Waals surface area contributed by atoms with Crippen LogP contribution in [0.4, 0.5) is 11.5 Å². The zero-order valence-electron chi connectivity index (χ0n) is 9.07. The standard InChI is InChI=1S/C10H18N4O/c1-2-14-7-9(11)10(13-14)12-6-8-4-3-5-15-8/h7-8H,2-6,11H2,1H3,(H,12,13). The monoisotopic (exact) mass is 210 g/mol. The molecular weight excluding hydrogens is 192 g/mol. The summed E-state index contributed by atoms with van der Waals surface area (Å²) in [5.41, 5.74) is 6.52. The van der Waals surface area contributed by atoms with Crippen molar-refractivity contribution < 1.29 is 4.74 Å². The van der Waals surface area contributed by atoms with Crippen molar-refractivity contribution in [1.82, 2.24) is 9.78 Å². The number of ether oxygens (including phenoxy) is 1. The van der Waals surface area contributed by atoms with E-state index >= 15 is 0 Å². The highest BCUT2D eigenvalue weighted by Gasteiger charge is 2.16. The third-order valence-electron chi connectivity index (χ3n) is 2.64. The Morgan fingerprint density at radius 2 is 2.60 bits per heavy atom. The number of rotatable bonds is 4. The Balaban J connectivity index is 1.89. The molecule has 1 atom stereocenters. The molecule has 84 valence electrons. The minimum absolute atomic E-state index is 0.316. The molecule has 5 heteroatoms. The zero-order valence-corrected chi connectivity index (χ0v) is 9.07. The van der Waals surface area contributed by atoms with Gasteiger partial charge < -0.3 is 15.8 Å². The molecule has 3 N–H and O–H groups in total. The molecule has 0 aromatic carbocycles. The molecule has 2 rings (SSSR count). The van der Waals surface area contributed by atoms with Crippen molar-refractivity contribution in [3.63, 3.8) is 0 Å². The normalized spacial score (nSPS) is 20.7. The predicted molar refractivity (Wildman–Crippen MR) is 59.8 cm³/mol. The van der Waals surface area contributed by atoms with E-state index in [-0.39, 0.29) is 0 Å². The maximum absolute atomic E-state index is 5.82. The van der Waals surface area contributed by atoms with E-state index < -0.39 is 0 Å². The van der Waals surface area contributed by atoms with Gasteiger partial charge >= 0.3 is 0 Å². The molecule has 1 aliphatic heterocycles. The summed E-state index contributed by atoms with van der Waals surface area (Å²) in [6, 6.07) is 0. The van der Waals surface area contributed by atoms with Gasteiger partial charge in [0, 0.05) is 19.7 Å². The van der Waals surface area contributed by atoms with Crippen molar-refractivity contribution in [2.45, 2.75) is 32.4 Å². The van der Waals surface area contributed by atoms with Crippen LogP contribution >= 0.6 is 0 Å². The van der Waals surface area contributed by atoms with E-state index in [1.165, 1.54) is 0 Å². The van der Waals surface area contributed by atoms with Crippen LogP contribution in [0.5, 0.6) is 0 Å². The van der Waals surface area contributed by atoms with E-state index in [0.29, 0.717) is 11.8 Å². The second kappa shape index (κ2) is 4.53. The van der Waals surface area contributed by atoms with Crippen LogP contribution in [-0.2, 0) is 11.3 Å². The smallest absolute Gasteiger partial charge is 0.171 e. The molecule has 1 aromatic heterocycles. The van der Waals surface area contributed by atoms with E-state index in [4.69, 9.17) is 10.5 Å². The van der Waals surface area contributed by atoms with Crippen LogP contribution in [0.3, 0.4) is 0 Å². The molecule has 5 nitrogen and oxygen atoms in total. The van der Waals surface area contributed by atoms with E-state index in [9.17, 15) is 0 Å². The van der Waals surface area contributed by atoms with Crippen molar-refractivity contribution in [2.24, 2.45) is 0 Å². The summed E-state index contributed by atoms with van der Waals surface area (Å²) in [7, 11) is 0. The first kappa shape index (κ1) is 10.3. The van der Waals surface area contributed by atoms with Crippen LogP contribution in [0.2, 0.25) is 0 Å². The van der Waals surface area contributed by atoms with Crippen LogP contribution < -0.4 is 11.1 Å². The van der Waals surface area contributed by atoms with Crippen LogP contribution in [0, 0.1) is 0 Å². The highest BCUT2D eigenvalue weighted by molar-refractivity contribution is 5.59. The lowest BCUT2D eigenvalue weighted by molar-refractivity contribution is 0.120. The first-order valence-electron chi connectivity index (χ1n) is 5.48. The zero-order chi connectivity index (χ0) is 10.7. The van der Waals surface area contributed by atoms with Gasteiger partial charge in [0.05, 0.1) is 18.0 Å². The molecule has 1 unspecified atom stereocenters. The number of nitrogens with one attached hydrogen (secondary N) is 1. The molecule has 0 aliphatic carbocycles. The van der Waals surface area contributed by atoms with Gasteiger partial charge in [-0.3, -0.25) is 4.68 Å². The fraction of sp³-hybridized carbons (Fsp3) is 0.700. The lowest BCUT2D eigenvalue weighted by Gasteiger charge is -2.10.